The summed E-state index contributed by atoms with van der Waals surface area (Å²) in [4.78, 5) is 12.6. The van der Waals surface area contributed by atoms with Crippen LogP contribution in [0.1, 0.15) is 18.1 Å². The molecule has 4 aromatic carbocycles. The number of carbonyl (C=O) groups excluding carboxylic acids is 1. The number of nitriles is 1. The second-order valence-corrected chi connectivity index (χ2v) is 8.64. The second-order valence-electron chi connectivity index (χ2n) is 7.82. The second kappa shape index (κ2) is 11.6. The average Bonchev–Trinajstić information content (AvgIpc) is 2.88. The molecule has 0 bridgehead atoms. The minimum atomic E-state index is -0.551. The molecule has 4 aromatic rings. The van der Waals surface area contributed by atoms with E-state index in [1.54, 1.807) is 36.4 Å². The van der Waals surface area contributed by atoms with E-state index in [-0.39, 0.29) is 22.2 Å². The van der Waals surface area contributed by atoms with Crippen LogP contribution in [0.5, 0.6) is 11.5 Å². The molecule has 5 nitrogen and oxygen atoms in total. The van der Waals surface area contributed by atoms with Gasteiger partial charge in [0.1, 0.15) is 24.0 Å². The van der Waals surface area contributed by atoms with Crippen molar-refractivity contribution >= 4 is 51.6 Å². The molecule has 7 heteroatoms. The van der Waals surface area contributed by atoms with Gasteiger partial charge in [-0.15, -0.1) is 0 Å². The van der Waals surface area contributed by atoms with E-state index in [1.165, 1.54) is 6.08 Å². The lowest BCUT2D eigenvalue weighted by Gasteiger charge is -2.13. The Balaban J connectivity index is 1.49. The molecule has 1 N–H and O–H groups in total. The van der Waals surface area contributed by atoms with E-state index < -0.39 is 5.91 Å². The normalized spacial score (nSPS) is 11.1. The molecule has 0 heterocycles. The molecule has 4 rings (SSSR count). The molecule has 0 fully saturated rings. The summed E-state index contributed by atoms with van der Waals surface area (Å²) in [5.41, 5.74) is 1.95. The summed E-state index contributed by atoms with van der Waals surface area (Å²) in [5.74, 6) is 0.476. The Morgan fingerprint density at radius 2 is 1.67 bits per heavy atom. The molecule has 36 heavy (non-hydrogen) atoms. The van der Waals surface area contributed by atoms with E-state index in [1.807, 2.05) is 55.5 Å². The lowest BCUT2D eigenvalue weighted by atomic mass is 10.1. The lowest BCUT2D eigenvalue weighted by molar-refractivity contribution is -0.112. The highest BCUT2D eigenvalue weighted by atomic mass is 35.5. The van der Waals surface area contributed by atoms with Crippen molar-refractivity contribution in [3.05, 3.63) is 106 Å². The summed E-state index contributed by atoms with van der Waals surface area (Å²) in [7, 11) is 0. The van der Waals surface area contributed by atoms with Crippen LogP contribution >= 0.6 is 23.2 Å². The number of rotatable bonds is 8. The number of nitrogens with zero attached hydrogens (tertiary/aromatic N) is 1. The largest absolute Gasteiger partial charge is 0.494 e. The maximum atomic E-state index is 12.6. The number of carbonyl (C=O) groups is 1. The number of amides is 1. The Hall–Kier alpha value is -3.98. The van der Waals surface area contributed by atoms with Gasteiger partial charge in [-0.1, -0.05) is 65.7 Å². The number of fused-ring (bicyclic) bond motifs is 1. The summed E-state index contributed by atoms with van der Waals surface area (Å²) in [5, 5.41) is 15.0. The summed E-state index contributed by atoms with van der Waals surface area (Å²) in [6.45, 7) is 2.72. The van der Waals surface area contributed by atoms with Gasteiger partial charge in [-0.3, -0.25) is 4.79 Å². The van der Waals surface area contributed by atoms with Gasteiger partial charge in [0.25, 0.3) is 5.91 Å². The SMILES string of the molecule is CCOc1ccc(NC(=O)/C(C#N)=C\c2cc(Cl)c(OCc3cccc4ccccc34)c(Cl)c2)cc1. The first-order chi connectivity index (χ1) is 17.5. The van der Waals surface area contributed by atoms with E-state index in [9.17, 15) is 10.1 Å². The zero-order valence-electron chi connectivity index (χ0n) is 19.4. The van der Waals surface area contributed by atoms with Gasteiger partial charge in [-0.05, 0) is 71.3 Å². The van der Waals surface area contributed by atoms with Crippen molar-refractivity contribution in [2.75, 3.05) is 11.9 Å². The van der Waals surface area contributed by atoms with Gasteiger partial charge in [0.15, 0.2) is 5.75 Å². The smallest absolute Gasteiger partial charge is 0.266 e. The third-order valence-corrected chi connectivity index (χ3v) is 5.93. The van der Waals surface area contributed by atoms with Crippen molar-refractivity contribution in [1.29, 1.82) is 5.26 Å². The summed E-state index contributed by atoms with van der Waals surface area (Å²) in [6, 6.07) is 26.1. The van der Waals surface area contributed by atoms with Crippen LogP contribution in [0, 0.1) is 11.3 Å². The van der Waals surface area contributed by atoms with Crippen LogP contribution in [0.25, 0.3) is 16.8 Å². The van der Waals surface area contributed by atoms with Gasteiger partial charge < -0.3 is 14.8 Å². The monoisotopic (exact) mass is 516 g/mol. The third kappa shape index (κ3) is 5.98. The van der Waals surface area contributed by atoms with Gasteiger partial charge >= 0.3 is 0 Å². The Bertz CT molecular complexity index is 1450. The van der Waals surface area contributed by atoms with E-state index in [2.05, 4.69) is 5.32 Å². The minimum Gasteiger partial charge on any atom is -0.494 e. The van der Waals surface area contributed by atoms with Gasteiger partial charge in [0, 0.05) is 5.69 Å². The van der Waals surface area contributed by atoms with Crippen LogP contribution < -0.4 is 14.8 Å². The van der Waals surface area contributed by atoms with Crippen molar-refractivity contribution < 1.29 is 14.3 Å². The number of hydrogen-bond donors (Lipinski definition) is 1. The first kappa shape index (κ1) is 25.1. The number of halogens is 2. The van der Waals surface area contributed by atoms with Crippen LogP contribution in [-0.4, -0.2) is 12.5 Å². The van der Waals surface area contributed by atoms with Crippen molar-refractivity contribution in [1.82, 2.24) is 0 Å². The minimum absolute atomic E-state index is 0.0968. The van der Waals surface area contributed by atoms with Crippen LogP contribution in [0.15, 0.2) is 84.4 Å². The Morgan fingerprint density at radius 1 is 0.972 bits per heavy atom. The molecule has 0 radical (unpaired) electrons. The summed E-state index contributed by atoms with van der Waals surface area (Å²) >= 11 is 12.9. The molecular formula is C29H22Cl2N2O3. The molecule has 0 aliphatic heterocycles. The summed E-state index contributed by atoms with van der Waals surface area (Å²) < 4.78 is 11.4. The molecule has 0 saturated heterocycles. The van der Waals surface area contributed by atoms with Crippen LogP contribution in [0.4, 0.5) is 5.69 Å². The first-order valence-corrected chi connectivity index (χ1v) is 12.0. The fraction of sp³-hybridized carbons (Fsp3) is 0.103. The molecule has 0 atom stereocenters. The van der Waals surface area contributed by atoms with Crippen molar-refractivity contribution in [3.8, 4) is 17.6 Å². The molecule has 0 spiro atoms. The molecule has 0 unspecified atom stereocenters. The van der Waals surface area contributed by atoms with Crippen LogP contribution in [-0.2, 0) is 11.4 Å². The van der Waals surface area contributed by atoms with E-state index >= 15 is 0 Å². The molecule has 180 valence electrons. The fourth-order valence-corrected chi connectivity index (χ4v) is 4.30. The Kier molecular flexibility index (Phi) is 8.12. The van der Waals surface area contributed by atoms with E-state index in [0.717, 1.165) is 16.3 Å². The zero-order valence-corrected chi connectivity index (χ0v) is 20.9. The average molecular weight is 517 g/mol. The predicted octanol–water partition coefficient (Wildman–Crippen LogP) is 7.67. The van der Waals surface area contributed by atoms with Crippen LogP contribution in [0.2, 0.25) is 10.0 Å². The fourth-order valence-electron chi connectivity index (χ4n) is 3.68. The number of ether oxygens (including phenoxy) is 2. The van der Waals surface area contributed by atoms with Gasteiger partial charge in [0.2, 0.25) is 0 Å². The predicted molar refractivity (Wildman–Crippen MR) is 145 cm³/mol. The van der Waals surface area contributed by atoms with Crippen LogP contribution in [0.3, 0.4) is 0 Å². The molecule has 1 amide bonds. The van der Waals surface area contributed by atoms with Crippen molar-refractivity contribution in [2.24, 2.45) is 0 Å². The number of anilines is 1. The molecular weight excluding hydrogens is 495 g/mol. The molecule has 0 aliphatic carbocycles. The molecule has 0 aromatic heterocycles. The van der Waals surface area contributed by atoms with Gasteiger partial charge in [-0.2, -0.15) is 5.26 Å². The lowest BCUT2D eigenvalue weighted by Crippen LogP contribution is -2.13. The third-order valence-electron chi connectivity index (χ3n) is 5.37. The molecule has 0 aliphatic rings. The van der Waals surface area contributed by atoms with Crippen molar-refractivity contribution in [3.63, 3.8) is 0 Å². The van der Waals surface area contributed by atoms with E-state index in [0.29, 0.717) is 29.4 Å². The number of nitrogens with one attached hydrogen (secondary N) is 1. The Labute approximate surface area is 219 Å². The van der Waals surface area contributed by atoms with Gasteiger partial charge in [-0.25, -0.2) is 0 Å². The van der Waals surface area contributed by atoms with Crippen molar-refractivity contribution in [2.45, 2.75) is 13.5 Å². The van der Waals surface area contributed by atoms with E-state index in [4.69, 9.17) is 32.7 Å². The highest BCUT2D eigenvalue weighted by Crippen LogP contribution is 2.36. The first-order valence-electron chi connectivity index (χ1n) is 11.2. The number of hydrogen-bond acceptors (Lipinski definition) is 4. The maximum Gasteiger partial charge on any atom is 0.266 e. The topological polar surface area (TPSA) is 71.3 Å². The maximum absolute atomic E-state index is 12.6. The standard InChI is InChI=1S/C29H22Cl2N2O3/c1-2-35-24-12-10-23(11-13-24)33-29(34)22(17-32)14-19-15-26(30)28(27(31)16-19)36-18-21-8-5-7-20-6-3-4-9-25(20)21/h3-16H,2,18H2,1H3,(H,33,34)/b22-14-. The zero-order chi connectivity index (χ0) is 25.5. The van der Waals surface area contributed by atoms with Gasteiger partial charge in [0.05, 0.1) is 16.7 Å². The highest BCUT2D eigenvalue weighted by Gasteiger charge is 2.14. The Morgan fingerprint density at radius 3 is 2.36 bits per heavy atom. The number of benzene rings is 4. The quantitative estimate of drug-likeness (QED) is 0.192. The molecule has 0 saturated carbocycles. The summed E-state index contributed by atoms with van der Waals surface area (Å²) in [6.07, 6.45) is 1.43. The highest BCUT2D eigenvalue weighted by molar-refractivity contribution is 6.37.